The van der Waals surface area contributed by atoms with Crippen molar-refractivity contribution in [1.29, 1.82) is 0 Å². The molecule has 0 radical (unpaired) electrons. The van der Waals surface area contributed by atoms with Gasteiger partial charge in [-0.05, 0) is 32.1 Å². The number of hydrogen-bond acceptors (Lipinski definition) is 4. The molecule has 0 saturated carbocycles. The third kappa shape index (κ3) is 5.79. The Hall–Kier alpha value is -1.37. The van der Waals surface area contributed by atoms with Gasteiger partial charge in [-0.1, -0.05) is 11.6 Å². The Bertz CT molecular complexity index is 554. The van der Waals surface area contributed by atoms with E-state index in [2.05, 4.69) is 16.7 Å². The molecule has 0 unspecified atom stereocenters. The lowest BCUT2D eigenvalue weighted by Gasteiger charge is -2.13. The summed E-state index contributed by atoms with van der Waals surface area (Å²) in [6, 6.07) is -0.277. The number of hydrogen-bond donors (Lipinski definition) is 2. The lowest BCUT2D eigenvalue weighted by molar-refractivity contribution is -0.122. The highest BCUT2D eigenvalue weighted by molar-refractivity contribution is 7.91. The Morgan fingerprint density at radius 1 is 1.23 bits per heavy atom. The third-order valence-corrected chi connectivity index (χ3v) is 5.81. The normalized spacial score (nSPS) is 23.6. The standard InChI is InChI=1S/C15H24N2O4S/c18-14(17-13-7-9-22(20,21)11-13)6-8-16-15(19)10-12-4-2-1-3-5-12/h4,13H,1-3,5-11H2,(H,16,19)(H,17,18)/t13-/m0/s1. The van der Waals surface area contributed by atoms with Crippen molar-refractivity contribution in [3.05, 3.63) is 11.6 Å². The van der Waals surface area contributed by atoms with E-state index >= 15 is 0 Å². The molecule has 0 spiro atoms. The summed E-state index contributed by atoms with van der Waals surface area (Å²) < 4.78 is 22.6. The van der Waals surface area contributed by atoms with Crippen molar-refractivity contribution < 1.29 is 18.0 Å². The zero-order chi connectivity index (χ0) is 16.0. The lowest BCUT2D eigenvalue weighted by atomic mass is 9.97. The molecule has 2 rings (SSSR count). The second kappa shape index (κ2) is 7.76. The van der Waals surface area contributed by atoms with E-state index in [4.69, 9.17) is 0 Å². The minimum atomic E-state index is -2.98. The molecule has 0 aromatic carbocycles. The number of carbonyl (C=O) groups excluding carboxylic acids is 2. The van der Waals surface area contributed by atoms with E-state index in [9.17, 15) is 18.0 Å². The van der Waals surface area contributed by atoms with Crippen molar-refractivity contribution in [2.75, 3.05) is 18.1 Å². The Morgan fingerprint density at radius 3 is 2.68 bits per heavy atom. The number of sulfone groups is 1. The zero-order valence-corrected chi connectivity index (χ0v) is 13.6. The van der Waals surface area contributed by atoms with Crippen LogP contribution in [0, 0.1) is 0 Å². The molecule has 0 aromatic rings. The molecule has 1 aliphatic heterocycles. The number of amides is 2. The van der Waals surface area contributed by atoms with Gasteiger partial charge in [-0.25, -0.2) is 8.42 Å². The van der Waals surface area contributed by atoms with Gasteiger partial charge in [0.15, 0.2) is 9.84 Å². The maximum atomic E-state index is 11.8. The number of carbonyl (C=O) groups is 2. The summed E-state index contributed by atoms with van der Waals surface area (Å²) in [6.45, 7) is 0.289. The smallest absolute Gasteiger partial charge is 0.224 e. The Kier molecular flexibility index (Phi) is 5.99. The van der Waals surface area contributed by atoms with Crippen LogP contribution in [0.25, 0.3) is 0 Å². The minimum Gasteiger partial charge on any atom is -0.355 e. The average molecular weight is 328 g/mol. The fraction of sp³-hybridized carbons (Fsp3) is 0.733. The summed E-state index contributed by atoms with van der Waals surface area (Å²) in [5.74, 6) is -0.0908. The van der Waals surface area contributed by atoms with Crippen molar-refractivity contribution in [2.45, 2.75) is 51.0 Å². The van der Waals surface area contributed by atoms with Crippen LogP contribution < -0.4 is 10.6 Å². The molecule has 2 amide bonds. The van der Waals surface area contributed by atoms with Gasteiger partial charge in [-0.15, -0.1) is 0 Å². The van der Waals surface area contributed by atoms with Crippen molar-refractivity contribution in [1.82, 2.24) is 10.6 Å². The van der Waals surface area contributed by atoms with E-state index in [1.54, 1.807) is 0 Å². The fourth-order valence-electron chi connectivity index (χ4n) is 2.86. The van der Waals surface area contributed by atoms with Gasteiger partial charge in [-0.2, -0.15) is 0 Å². The van der Waals surface area contributed by atoms with Crippen molar-refractivity contribution >= 4 is 21.7 Å². The molecule has 1 fully saturated rings. The molecular formula is C15H24N2O4S. The molecule has 1 heterocycles. The van der Waals surface area contributed by atoms with E-state index < -0.39 is 9.84 Å². The first-order valence-corrected chi connectivity index (χ1v) is 9.71. The molecule has 2 aliphatic rings. The van der Waals surface area contributed by atoms with Crippen LogP contribution in [0.2, 0.25) is 0 Å². The van der Waals surface area contributed by atoms with E-state index in [-0.39, 0.29) is 42.3 Å². The van der Waals surface area contributed by atoms with Gasteiger partial charge in [0.2, 0.25) is 11.8 Å². The first-order valence-electron chi connectivity index (χ1n) is 7.89. The van der Waals surface area contributed by atoms with E-state index in [1.807, 2.05) is 0 Å². The van der Waals surface area contributed by atoms with Gasteiger partial charge in [0.1, 0.15) is 0 Å². The zero-order valence-electron chi connectivity index (χ0n) is 12.8. The van der Waals surface area contributed by atoms with Gasteiger partial charge >= 0.3 is 0 Å². The fourth-order valence-corrected chi connectivity index (χ4v) is 4.53. The second-order valence-electron chi connectivity index (χ2n) is 6.05. The molecule has 1 saturated heterocycles. The molecule has 2 N–H and O–H groups in total. The minimum absolute atomic E-state index is 0.0270. The topological polar surface area (TPSA) is 92.3 Å². The van der Waals surface area contributed by atoms with Gasteiger partial charge in [0.05, 0.1) is 11.5 Å². The summed E-state index contributed by atoms with van der Waals surface area (Å²) >= 11 is 0. The van der Waals surface area contributed by atoms with Crippen LogP contribution in [0.5, 0.6) is 0 Å². The SMILES string of the molecule is O=C(CC1=CCCCC1)NCCC(=O)N[C@H]1CCS(=O)(=O)C1. The van der Waals surface area contributed by atoms with E-state index in [1.165, 1.54) is 12.0 Å². The summed E-state index contributed by atoms with van der Waals surface area (Å²) in [4.78, 5) is 23.5. The highest BCUT2D eigenvalue weighted by atomic mass is 32.2. The van der Waals surface area contributed by atoms with Gasteiger partial charge in [0.25, 0.3) is 0 Å². The van der Waals surface area contributed by atoms with Crippen molar-refractivity contribution in [2.24, 2.45) is 0 Å². The number of rotatable bonds is 6. The number of nitrogens with one attached hydrogen (secondary N) is 2. The van der Waals surface area contributed by atoms with Crippen LogP contribution in [-0.4, -0.2) is 44.3 Å². The monoisotopic (exact) mass is 328 g/mol. The summed E-state index contributed by atoms with van der Waals surface area (Å²) in [6.07, 6.45) is 7.60. The van der Waals surface area contributed by atoms with Gasteiger partial charge < -0.3 is 10.6 Å². The van der Waals surface area contributed by atoms with Gasteiger partial charge in [-0.3, -0.25) is 9.59 Å². The predicted octanol–water partition coefficient (Wildman–Crippen LogP) is 0.686. The highest BCUT2D eigenvalue weighted by Gasteiger charge is 2.28. The van der Waals surface area contributed by atoms with Crippen LogP contribution in [0.4, 0.5) is 0 Å². The van der Waals surface area contributed by atoms with E-state index in [0.29, 0.717) is 12.8 Å². The Balaban J connectivity index is 1.60. The summed E-state index contributed by atoms with van der Waals surface area (Å²) in [5, 5.41) is 5.45. The van der Waals surface area contributed by atoms with E-state index in [0.717, 1.165) is 19.3 Å². The Morgan fingerprint density at radius 2 is 2.05 bits per heavy atom. The Labute approximate surface area is 131 Å². The van der Waals surface area contributed by atoms with Crippen LogP contribution in [0.15, 0.2) is 11.6 Å². The lowest BCUT2D eigenvalue weighted by Crippen LogP contribution is -2.37. The molecule has 0 aromatic heterocycles. The van der Waals surface area contributed by atoms with Crippen molar-refractivity contribution in [3.8, 4) is 0 Å². The third-order valence-electron chi connectivity index (χ3n) is 4.04. The molecular weight excluding hydrogens is 304 g/mol. The molecule has 7 heteroatoms. The van der Waals surface area contributed by atoms with Crippen LogP contribution >= 0.6 is 0 Å². The highest BCUT2D eigenvalue weighted by Crippen LogP contribution is 2.19. The largest absolute Gasteiger partial charge is 0.355 e. The molecule has 0 bridgehead atoms. The quantitative estimate of drug-likeness (QED) is 0.702. The molecule has 22 heavy (non-hydrogen) atoms. The van der Waals surface area contributed by atoms with Crippen LogP contribution in [0.3, 0.4) is 0 Å². The molecule has 124 valence electrons. The van der Waals surface area contributed by atoms with Gasteiger partial charge in [0, 0.05) is 25.4 Å². The first kappa shape index (κ1) is 17.0. The number of allylic oxidation sites excluding steroid dienone is 1. The predicted molar refractivity (Wildman–Crippen MR) is 84.0 cm³/mol. The first-order chi connectivity index (χ1) is 10.4. The second-order valence-corrected chi connectivity index (χ2v) is 8.28. The maximum absolute atomic E-state index is 11.8. The van der Waals surface area contributed by atoms with Crippen LogP contribution in [0.1, 0.15) is 44.9 Å². The molecule has 1 atom stereocenters. The molecule has 6 nitrogen and oxygen atoms in total. The van der Waals surface area contributed by atoms with Crippen molar-refractivity contribution in [3.63, 3.8) is 0 Å². The summed E-state index contributed by atoms with van der Waals surface area (Å²) in [7, 11) is -2.98. The summed E-state index contributed by atoms with van der Waals surface area (Å²) in [5.41, 5.74) is 1.18. The average Bonchev–Trinajstić information content (AvgIpc) is 2.79. The maximum Gasteiger partial charge on any atom is 0.224 e. The molecule has 1 aliphatic carbocycles. The van der Waals surface area contributed by atoms with Crippen LogP contribution in [-0.2, 0) is 19.4 Å².